The maximum absolute atomic E-state index is 10.5. The number of nitrogens with two attached hydrogens (primary N) is 1. The normalized spacial score (nSPS) is 12.7. The predicted octanol–water partition coefficient (Wildman–Crippen LogP) is 4.47. The van der Waals surface area contributed by atoms with Crippen molar-refractivity contribution in [1.29, 1.82) is 5.26 Å². The van der Waals surface area contributed by atoms with Crippen LogP contribution in [0.4, 0.5) is 0 Å². The molecule has 1 aromatic rings. The van der Waals surface area contributed by atoms with E-state index < -0.39 is 10.1 Å². The summed E-state index contributed by atoms with van der Waals surface area (Å²) >= 11 is 0. The molecule has 1 atom stereocenters. The lowest BCUT2D eigenvalue weighted by molar-refractivity contribution is 0.297. The summed E-state index contributed by atoms with van der Waals surface area (Å²) in [6, 6.07) is 8.22. The van der Waals surface area contributed by atoms with E-state index in [-0.39, 0.29) is 10.4 Å². The van der Waals surface area contributed by atoms with Crippen molar-refractivity contribution in [2.45, 2.75) is 76.7 Å². The van der Waals surface area contributed by atoms with Crippen LogP contribution in [0, 0.1) is 24.2 Å². The highest BCUT2D eigenvalue weighted by atomic mass is 32.2. The minimum Gasteiger partial charge on any atom is -0.325 e. The third-order valence-corrected chi connectivity index (χ3v) is 4.98. The molecule has 0 saturated carbocycles. The van der Waals surface area contributed by atoms with Gasteiger partial charge in [-0.25, -0.2) is 0 Å². The van der Waals surface area contributed by atoms with E-state index in [0.29, 0.717) is 12.3 Å². The van der Waals surface area contributed by atoms with E-state index in [9.17, 15) is 8.42 Å². The standard InChI is InChI=1S/C12H24N2.C7H8O3S/c1-4-5-6-7-8-11(9-10-13)12(2,3)14;1-6-2-4-7(5-3-6)11(8,9)10/h11H,4-9,14H2,1-3H3;2-5H,1H3,(H,8,9,10). The number of benzene rings is 1. The highest BCUT2D eigenvalue weighted by molar-refractivity contribution is 7.85. The molecule has 6 heteroatoms. The quantitative estimate of drug-likeness (QED) is 0.520. The smallest absolute Gasteiger partial charge is 0.294 e. The van der Waals surface area contributed by atoms with E-state index in [0.717, 1.165) is 12.0 Å². The first-order valence-corrected chi connectivity index (χ1v) is 10.2. The van der Waals surface area contributed by atoms with Crippen molar-refractivity contribution in [2.75, 3.05) is 0 Å². The Morgan fingerprint density at radius 1 is 1.20 bits per heavy atom. The monoisotopic (exact) mass is 368 g/mol. The summed E-state index contributed by atoms with van der Waals surface area (Å²) in [6.07, 6.45) is 6.72. The van der Waals surface area contributed by atoms with Crippen molar-refractivity contribution in [3.05, 3.63) is 29.8 Å². The van der Waals surface area contributed by atoms with Crippen LogP contribution in [-0.2, 0) is 10.1 Å². The second kappa shape index (κ2) is 11.2. The van der Waals surface area contributed by atoms with Crippen LogP contribution in [0.5, 0.6) is 0 Å². The number of hydrogen-bond donors (Lipinski definition) is 2. The molecule has 25 heavy (non-hydrogen) atoms. The zero-order valence-corrected chi connectivity index (χ0v) is 16.6. The third-order valence-electron chi connectivity index (χ3n) is 4.11. The van der Waals surface area contributed by atoms with Gasteiger partial charge in [0.15, 0.2) is 0 Å². The molecule has 1 aromatic carbocycles. The number of nitrogens with zero attached hydrogens (tertiary/aromatic N) is 1. The van der Waals surface area contributed by atoms with Crippen molar-refractivity contribution in [1.82, 2.24) is 0 Å². The van der Waals surface area contributed by atoms with Crippen LogP contribution < -0.4 is 5.73 Å². The Kier molecular flexibility index (Phi) is 10.6. The Morgan fingerprint density at radius 2 is 1.76 bits per heavy atom. The summed E-state index contributed by atoms with van der Waals surface area (Å²) in [7, 11) is -4.02. The van der Waals surface area contributed by atoms with Crippen LogP contribution in [-0.4, -0.2) is 18.5 Å². The molecule has 0 radical (unpaired) electrons. The molecule has 0 aliphatic heterocycles. The first-order valence-electron chi connectivity index (χ1n) is 8.72. The molecular weight excluding hydrogens is 336 g/mol. The molecule has 0 spiro atoms. The zero-order valence-electron chi connectivity index (χ0n) is 15.8. The molecule has 1 unspecified atom stereocenters. The first kappa shape index (κ1) is 23.6. The fourth-order valence-corrected chi connectivity index (χ4v) is 2.86. The van der Waals surface area contributed by atoms with Crippen molar-refractivity contribution in [3.63, 3.8) is 0 Å². The molecule has 142 valence electrons. The van der Waals surface area contributed by atoms with E-state index in [4.69, 9.17) is 15.5 Å². The molecule has 3 N–H and O–H groups in total. The Bertz CT molecular complexity index is 626. The van der Waals surface area contributed by atoms with Crippen molar-refractivity contribution in [3.8, 4) is 6.07 Å². The largest absolute Gasteiger partial charge is 0.325 e. The number of unbranched alkanes of at least 4 members (excludes halogenated alkanes) is 3. The predicted molar refractivity (Wildman–Crippen MR) is 102 cm³/mol. The van der Waals surface area contributed by atoms with Gasteiger partial charge in [0.05, 0.1) is 11.0 Å². The summed E-state index contributed by atoms with van der Waals surface area (Å²) in [6.45, 7) is 8.09. The lowest BCUT2D eigenvalue weighted by atomic mass is 9.82. The lowest BCUT2D eigenvalue weighted by Gasteiger charge is -2.28. The number of hydrogen-bond acceptors (Lipinski definition) is 4. The van der Waals surface area contributed by atoms with Gasteiger partial charge in [-0.1, -0.05) is 50.3 Å². The minimum atomic E-state index is -4.02. The van der Waals surface area contributed by atoms with Gasteiger partial charge in [0.2, 0.25) is 0 Å². The van der Waals surface area contributed by atoms with Crippen LogP contribution in [0.25, 0.3) is 0 Å². The maximum Gasteiger partial charge on any atom is 0.294 e. The average Bonchev–Trinajstić information content (AvgIpc) is 2.49. The van der Waals surface area contributed by atoms with Gasteiger partial charge in [0.1, 0.15) is 0 Å². The number of nitriles is 1. The van der Waals surface area contributed by atoms with Gasteiger partial charge in [0.25, 0.3) is 10.1 Å². The Labute approximate surface area is 153 Å². The molecule has 0 aliphatic carbocycles. The zero-order chi connectivity index (χ0) is 19.5. The van der Waals surface area contributed by atoms with Crippen LogP contribution in [0.3, 0.4) is 0 Å². The van der Waals surface area contributed by atoms with Crippen LogP contribution in [0.15, 0.2) is 29.2 Å². The van der Waals surface area contributed by atoms with E-state index in [1.165, 1.54) is 37.8 Å². The van der Waals surface area contributed by atoms with Gasteiger partial charge in [-0.15, -0.1) is 0 Å². The SMILES string of the molecule is CCCCCCC(CC#N)C(C)(C)N.Cc1ccc(S(=O)(=O)O)cc1. The third kappa shape index (κ3) is 10.9. The maximum atomic E-state index is 10.5. The van der Waals surface area contributed by atoms with Gasteiger partial charge in [-0.2, -0.15) is 13.7 Å². The molecular formula is C19H32N2O3S. The Balaban J connectivity index is 0.000000472. The van der Waals surface area contributed by atoms with Crippen LogP contribution >= 0.6 is 0 Å². The molecule has 0 aromatic heterocycles. The number of aryl methyl sites for hydroxylation is 1. The minimum absolute atomic E-state index is 0.0666. The molecule has 0 saturated heterocycles. The average molecular weight is 369 g/mol. The van der Waals surface area contributed by atoms with Crippen molar-refractivity contribution < 1.29 is 13.0 Å². The Hall–Kier alpha value is -1.42. The summed E-state index contributed by atoms with van der Waals surface area (Å²) < 4.78 is 29.6. The summed E-state index contributed by atoms with van der Waals surface area (Å²) in [5.41, 5.74) is 6.78. The molecule has 0 heterocycles. The van der Waals surface area contributed by atoms with Crippen molar-refractivity contribution in [2.24, 2.45) is 11.7 Å². The van der Waals surface area contributed by atoms with Crippen LogP contribution in [0.2, 0.25) is 0 Å². The highest BCUT2D eigenvalue weighted by Gasteiger charge is 2.24. The fraction of sp³-hybridized carbons (Fsp3) is 0.632. The fourth-order valence-electron chi connectivity index (χ4n) is 2.38. The lowest BCUT2D eigenvalue weighted by Crippen LogP contribution is -2.40. The summed E-state index contributed by atoms with van der Waals surface area (Å²) in [5.74, 6) is 0.351. The van der Waals surface area contributed by atoms with Gasteiger partial charge in [-0.3, -0.25) is 4.55 Å². The molecule has 0 bridgehead atoms. The van der Waals surface area contributed by atoms with E-state index >= 15 is 0 Å². The molecule has 5 nitrogen and oxygen atoms in total. The van der Waals surface area contributed by atoms with Gasteiger partial charge >= 0.3 is 0 Å². The summed E-state index contributed by atoms with van der Waals surface area (Å²) in [5, 5.41) is 8.70. The second-order valence-electron chi connectivity index (χ2n) is 7.02. The van der Waals surface area contributed by atoms with Gasteiger partial charge in [-0.05, 0) is 45.2 Å². The topological polar surface area (TPSA) is 104 Å². The van der Waals surface area contributed by atoms with E-state index in [1.807, 2.05) is 20.8 Å². The Morgan fingerprint density at radius 3 is 2.16 bits per heavy atom. The second-order valence-corrected chi connectivity index (χ2v) is 8.44. The molecule has 0 aliphatic rings. The first-order chi connectivity index (χ1) is 11.5. The molecule has 0 fully saturated rings. The highest BCUT2D eigenvalue weighted by Crippen LogP contribution is 2.23. The molecule has 1 rings (SSSR count). The number of rotatable bonds is 8. The van der Waals surface area contributed by atoms with E-state index in [1.54, 1.807) is 12.1 Å². The summed E-state index contributed by atoms with van der Waals surface area (Å²) in [4.78, 5) is -0.0666. The van der Waals surface area contributed by atoms with Crippen LogP contribution in [0.1, 0.15) is 64.9 Å². The molecule has 0 amide bonds. The van der Waals surface area contributed by atoms with Gasteiger partial charge < -0.3 is 5.73 Å². The van der Waals surface area contributed by atoms with Crippen molar-refractivity contribution >= 4 is 10.1 Å². The van der Waals surface area contributed by atoms with Gasteiger partial charge in [0, 0.05) is 12.0 Å². The van der Waals surface area contributed by atoms with E-state index in [2.05, 4.69) is 13.0 Å².